The molecule has 92 valence electrons. The second kappa shape index (κ2) is 4.72. The van der Waals surface area contributed by atoms with Crippen molar-refractivity contribution >= 4 is 50.6 Å². The van der Waals surface area contributed by atoms with Gasteiger partial charge in [0.15, 0.2) is 0 Å². The molecule has 1 aromatic carbocycles. The van der Waals surface area contributed by atoms with Gasteiger partial charge in [-0.15, -0.1) is 11.3 Å². The van der Waals surface area contributed by atoms with Crippen molar-refractivity contribution in [2.45, 2.75) is 0 Å². The fourth-order valence-corrected chi connectivity index (χ4v) is 3.97. The molecule has 4 heteroatoms. The number of benzene rings is 1. The maximum Gasteiger partial charge on any atom is 0.0711 e. The molecule has 1 aliphatic rings. The van der Waals surface area contributed by atoms with Crippen LogP contribution in [0, 0.1) is 0 Å². The van der Waals surface area contributed by atoms with E-state index in [-0.39, 0.29) is 0 Å². The third-order valence-corrected chi connectivity index (χ3v) is 4.82. The van der Waals surface area contributed by atoms with Gasteiger partial charge in [-0.05, 0) is 45.3 Å². The number of likely N-dealkylation sites (N-methyl/N-ethyl adjacent to an activating group) is 1. The summed E-state index contributed by atoms with van der Waals surface area (Å²) in [6, 6.07) is 10.3. The highest BCUT2D eigenvalue weighted by molar-refractivity contribution is 9.11. The summed E-state index contributed by atoms with van der Waals surface area (Å²) in [4.78, 5) is 2.22. The minimum absolute atomic E-state index is 0.779. The van der Waals surface area contributed by atoms with E-state index in [2.05, 4.69) is 52.3 Å². The van der Waals surface area contributed by atoms with E-state index >= 15 is 0 Å². The Morgan fingerprint density at radius 3 is 2.72 bits per heavy atom. The van der Waals surface area contributed by atoms with Crippen LogP contribution in [-0.4, -0.2) is 18.5 Å². The highest BCUT2D eigenvalue weighted by atomic mass is 79.9. The van der Waals surface area contributed by atoms with E-state index in [1.807, 2.05) is 12.1 Å². The number of hydrogen-bond acceptors (Lipinski definition) is 2. The zero-order chi connectivity index (χ0) is 12.7. The van der Waals surface area contributed by atoms with Crippen LogP contribution < -0.4 is 9.75 Å². The van der Waals surface area contributed by atoms with Gasteiger partial charge in [0, 0.05) is 30.0 Å². The number of nitrogens with zero attached hydrogens (tertiary/aromatic N) is 1. The van der Waals surface area contributed by atoms with Crippen molar-refractivity contribution in [1.82, 2.24) is 4.90 Å². The molecule has 0 amide bonds. The molecule has 2 aromatic rings. The van der Waals surface area contributed by atoms with Crippen LogP contribution in [0.15, 0.2) is 34.1 Å². The van der Waals surface area contributed by atoms with Crippen molar-refractivity contribution in [2.24, 2.45) is 0 Å². The molecule has 0 unspecified atom stereocenters. The quantitative estimate of drug-likeness (QED) is 0.771. The first-order chi connectivity index (χ1) is 8.63. The van der Waals surface area contributed by atoms with Gasteiger partial charge in [-0.2, -0.15) is 0 Å². The molecule has 2 heterocycles. The fourth-order valence-electron chi connectivity index (χ4n) is 2.18. The van der Waals surface area contributed by atoms with Crippen LogP contribution in [0.25, 0.3) is 11.8 Å². The second-order valence-electron chi connectivity index (χ2n) is 4.36. The highest BCUT2D eigenvalue weighted by Gasteiger charge is 2.12. The summed E-state index contributed by atoms with van der Waals surface area (Å²) in [7, 11) is 2.10. The first-order valence-corrected chi connectivity index (χ1v) is 7.59. The maximum absolute atomic E-state index is 5.95. The fraction of sp³-hybridized carbons (Fsp3) is 0.143. The van der Waals surface area contributed by atoms with Gasteiger partial charge in [-0.1, -0.05) is 23.7 Å². The lowest BCUT2D eigenvalue weighted by atomic mass is 10.0. The SMILES string of the molecule is CN1C=c2sc(Br)cc2=C(c2ccc(Cl)cc2)C1. The molecule has 18 heavy (non-hydrogen) atoms. The van der Waals surface area contributed by atoms with Crippen molar-refractivity contribution in [2.75, 3.05) is 13.6 Å². The number of thiophene rings is 1. The molecule has 0 saturated heterocycles. The molecular weight excluding hydrogens is 330 g/mol. The Hall–Kier alpha value is -0.770. The lowest BCUT2D eigenvalue weighted by Crippen LogP contribution is -2.34. The average molecular weight is 341 g/mol. The summed E-state index contributed by atoms with van der Waals surface area (Å²) in [6.07, 6.45) is 2.20. The number of fused-ring (bicyclic) bond motifs is 1. The van der Waals surface area contributed by atoms with Crippen molar-refractivity contribution in [3.05, 3.63) is 54.5 Å². The molecule has 1 nitrogen and oxygen atoms in total. The predicted octanol–water partition coefficient (Wildman–Crippen LogP) is 3.05. The molecule has 0 saturated carbocycles. The van der Waals surface area contributed by atoms with Crippen LogP contribution in [-0.2, 0) is 0 Å². The van der Waals surface area contributed by atoms with Gasteiger partial charge < -0.3 is 4.90 Å². The Morgan fingerprint density at radius 2 is 2.00 bits per heavy atom. The molecule has 0 bridgehead atoms. The van der Waals surface area contributed by atoms with Gasteiger partial charge in [-0.25, -0.2) is 0 Å². The largest absolute Gasteiger partial charge is 0.375 e. The monoisotopic (exact) mass is 339 g/mol. The third kappa shape index (κ3) is 2.22. The molecule has 0 N–H and O–H groups in total. The minimum Gasteiger partial charge on any atom is -0.375 e. The van der Waals surface area contributed by atoms with Gasteiger partial charge >= 0.3 is 0 Å². The molecule has 1 aromatic heterocycles. The maximum atomic E-state index is 5.95. The van der Waals surface area contributed by atoms with Crippen molar-refractivity contribution < 1.29 is 0 Å². The van der Waals surface area contributed by atoms with Crippen LogP contribution in [0.1, 0.15) is 5.56 Å². The van der Waals surface area contributed by atoms with E-state index in [9.17, 15) is 0 Å². The lowest BCUT2D eigenvalue weighted by Gasteiger charge is -2.20. The zero-order valence-electron chi connectivity index (χ0n) is 9.78. The van der Waals surface area contributed by atoms with Crippen molar-refractivity contribution in [3.63, 3.8) is 0 Å². The smallest absolute Gasteiger partial charge is 0.0711 e. The number of rotatable bonds is 1. The van der Waals surface area contributed by atoms with Crippen LogP contribution in [0.2, 0.25) is 5.02 Å². The summed E-state index contributed by atoms with van der Waals surface area (Å²) in [6.45, 7) is 0.928. The molecule has 1 aliphatic heterocycles. The summed E-state index contributed by atoms with van der Waals surface area (Å²) >= 11 is 11.3. The number of hydrogen-bond donors (Lipinski definition) is 0. The second-order valence-corrected chi connectivity index (χ2v) is 7.26. The Balaban J connectivity index is 2.27. The Kier molecular flexibility index (Phi) is 3.22. The first-order valence-electron chi connectivity index (χ1n) is 5.60. The summed E-state index contributed by atoms with van der Waals surface area (Å²) in [5.74, 6) is 0. The zero-order valence-corrected chi connectivity index (χ0v) is 12.9. The van der Waals surface area contributed by atoms with Gasteiger partial charge in [-0.3, -0.25) is 0 Å². The van der Waals surface area contributed by atoms with E-state index in [4.69, 9.17) is 11.6 Å². The van der Waals surface area contributed by atoms with E-state index < -0.39 is 0 Å². The van der Waals surface area contributed by atoms with Crippen LogP contribution in [0.5, 0.6) is 0 Å². The van der Waals surface area contributed by atoms with E-state index in [0.29, 0.717) is 0 Å². The standard InChI is InChI=1S/C14H11BrClNS/c1-17-7-12(9-2-4-10(16)5-3-9)11-6-14(15)18-13(11)8-17/h2-6,8H,7H2,1H3. The molecule has 0 radical (unpaired) electrons. The molecular formula is C14H11BrClNS. The Bertz CT molecular complexity index is 702. The highest BCUT2D eigenvalue weighted by Crippen LogP contribution is 2.19. The molecule has 3 rings (SSSR count). The van der Waals surface area contributed by atoms with Gasteiger partial charge in [0.05, 0.1) is 8.32 Å². The van der Waals surface area contributed by atoms with Gasteiger partial charge in [0.25, 0.3) is 0 Å². The summed E-state index contributed by atoms with van der Waals surface area (Å²) < 4.78 is 2.48. The van der Waals surface area contributed by atoms with Crippen molar-refractivity contribution in [1.29, 1.82) is 0 Å². The van der Waals surface area contributed by atoms with E-state index in [1.54, 1.807) is 11.3 Å². The molecule has 0 aliphatic carbocycles. The van der Waals surface area contributed by atoms with E-state index in [0.717, 1.165) is 11.6 Å². The van der Waals surface area contributed by atoms with Crippen LogP contribution >= 0.6 is 38.9 Å². The topological polar surface area (TPSA) is 3.24 Å². The van der Waals surface area contributed by atoms with Crippen LogP contribution in [0.4, 0.5) is 0 Å². The predicted molar refractivity (Wildman–Crippen MR) is 82.3 cm³/mol. The average Bonchev–Trinajstić information content (AvgIpc) is 2.69. The lowest BCUT2D eigenvalue weighted by molar-refractivity contribution is 0.558. The Labute approximate surface area is 123 Å². The van der Waals surface area contributed by atoms with Crippen LogP contribution in [0.3, 0.4) is 0 Å². The third-order valence-electron chi connectivity index (χ3n) is 2.99. The number of halogens is 2. The first kappa shape index (κ1) is 12.3. The summed E-state index contributed by atoms with van der Waals surface area (Å²) in [5, 5.41) is 2.11. The molecule has 0 atom stereocenters. The molecule has 0 fully saturated rings. The summed E-state index contributed by atoms with van der Waals surface area (Å²) in [5.41, 5.74) is 2.60. The van der Waals surface area contributed by atoms with E-state index in [1.165, 1.54) is 24.7 Å². The Morgan fingerprint density at radius 1 is 1.28 bits per heavy atom. The normalized spacial score (nSPS) is 14.4. The van der Waals surface area contributed by atoms with Gasteiger partial charge in [0.2, 0.25) is 0 Å². The van der Waals surface area contributed by atoms with Gasteiger partial charge in [0.1, 0.15) is 0 Å². The molecule has 0 spiro atoms. The minimum atomic E-state index is 0.779. The van der Waals surface area contributed by atoms with Crippen molar-refractivity contribution in [3.8, 4) is 0 Å².